The first-order valence-corrected chi connectivity index (χ1v) is 9.14. The van der Waals surface area contributed by atoms with E-state index in [0.717, 1.165) is 0 Å². The Morgan fingerprint density at radius 2 is 2.08 bits per heavy atom. The van der Waals surface area contributed by atoms with Crippen LogP contribution >= 0.6 is 19.9 Å². The van der Waals surface area contributed by atoms with Crippen molar-refractivity contribution in [1.82, 2.24) is 0 Å². The third-order valence-corrected chi connectivity index (χ3v) is 4.97. The number of rotatable bonds is 2. The Bertz CT molecular complexity index is 343. The molecule has 0 atom stereocenters. The summed E-state index contributed by atoms with van der Waals surface area (Å²) < 4.78 is 0.667. The van der Waals surface area contributed by atoms with Crippen molar-refractivity contribution >= 4 is 48.7 Å². The van der Waals surface area contributed by atoms with Gasteiger partial charge in [0.15, 0.2) is 0 Å². The zero-order chi connectivity index (χ0) is 10.0. The van der Waals surface area contributed by atoms with E-state index in [1.807, 2.05) is 0 Å². The molecule has 0 aliphatic heterocycles. The van der Waals surface area contributed by atoms with Crippen molar-refractivity contribution < 1.29 is 9.90 Å². The molecule has 0 fully saturated rings. The van der Waals surface area contributed by atoms with E-state index in [1.54, 1.807) is 6.07 Å². The van der Waals surface area contributed by atoms with Gasteiger partial charge in [-0.25, -0.2) is 0 Å². The van der Waals surface area contributed by atoms with E-state index in [1.165, 1.54) is 12.1 Å². The normalized spacial score (nSPS) is 10.4. The fraction of sp³-hybridized carbons (Fsp3) is 0. The molecule has 0 saturated carbocycles. The average molecular weight is 282 g/mol. The van der Waals surface area contributed by atoms with Gasteiger partial charge >= 0.3 is 88.1 Å². The molecule has 0 saturated heterocycles. The molecule has 0 unspecified atom stereocenters. The number of benzene rings is 1. The van der Waals surface area contributed by atoms with Crippen molar-refractivity contribution in [3.05, 3.63) is 23.8 Å². The second kappa shape index (κ2) is 4.23. The van der Waals surface area contributed by atoms with Crippen LogP contribution in [0.1, 0.15) is 10.4 Å². The summed E-state index contributed by atoms with van der Waals surface area (Å²) >= 11 is -2.06. The SMILES string of the molecule is Nc1cc(C(=O)O)ccc1[As](Cl)Cl. The van der Waals surface area contributed by atoms with E-state index in [9.17, 15) is 4.79 Å². The van der Waals surface area contributed by atoms with Crippen molar-refractivity contribution in [2.45, 2.75) is 0 Å². The van der Waals surface area contributed by atoms with Gasteiger partial charge in [-0.3, -0.25) is 0 Å². The molecule has 6 heteroatoms. The number of aromatic carboxylic acids is 1. The third kappa shape index (κ3) is 2.53. The maximum atomic E-state index is 10.5. The van der Waals surface area contributed by atoms with E-state index in [4.69, 9.17) is 30.7 Å². The predicted molar refractivity (Wildman–Crippen MR) is 54.9 cm³/mol. The second-order valence-corrected chi connectivity index (χ2v) is 8.71. The van der Waals surface area contributed by atoms with E-state index in [0.29, 0.717) is 10.0 Å². The summed E-state index contributed by atoms with van der Waals surface area (Å²) in [5.41, 5.74) is 6.06. The molecule has 3 nitrogen and oxygen atoms in total. The molecule has 0 spiro atoms. The molecule has 0 bridgehead atoms. The average Bonchev–Trinajstić information content (AvgIpc) is 2.03. The molecule has 0 aliphatic rings. The van der Waals surface area contributed by atoms with Gasteiger partial charge in [-0.05, 0) is 0 Å². The summed E-state index contributed by atoms with van der Waals surface area (Å²) in [7, 11) is 11.4. The maximum absolute atomic E-state index is 10.5. The van der Waals surface area contributed by atoms with E-state index < -0.39 is 18.7 Å². The minimum absolute atomic E-state index is 0.144. The number of hydrogen-bond donors (Lipinski definition) is 2. The molecule has 0 aromatic heterocycles. The number of halogens is 2. The zero-order valence-electron chi connectivity index (χ0n) is 6.37. The number of carboxylic acid groups (broad SMARTS) is 1. The molecule has 1 aromatic carbocycles. The van der Waals surface area contributed by atoms with Crippen molar-refractivity contribution in [3.8, 4) is 0 Å². The zero-order valence-corrected chi connectivity index (χ0v) is 9.76. The van der Waals surface area contributed by atoms with E-state index in [-0.39, 0.29) is 5.56 Å². The van der Waals surface area contributed by atoms with Crippen molar-refractivity contribution in [2.75, 3.05) is 5.73 Å². The standard InChI is InChI=1S/C7H6AsCl2NO2/c9-8(10)5-2-1-4(7(12)13)3-6(5)11/h1-3H,11H2,(H,12,13). The first-order chi connectivity index (χ1) is 6.02. The van der Waals surface area contributed by atoms with Crippen molar-refractivity contribution in [2.24, 2.45) is 0 Å². The van der Waals surface area contributed by atoms with Crippen LogP contribution in [0, 0.1) is 0 Å². The van der Waals surface area contributed by atoms with Gasteiger partial charge in [-0.1, -0.05) is 0 Å². The van der Waals surface area contributed by atoms with E-state index >= 15 is 0 Å². The molecule has 1 aromatic rings. The molecule has 0 heterocycles. The van der Waals surface area contributed by atoms with Gasteiger partial charge < -0.3 is 0 Å². The number of carbonyl (C=O) groups is 1. The Morgan fingerprint density at radius 3 is 2.46 bits per heavy atom. The summed E-state index contributed by atoms with van der Waals surface area (Å²) in [6.45, 7) is 0. The fourth-order valence-electron chi connectivity index (χ4n) is 0.841. The second-order valence-electron chi connectivity index (χ2n) is 2.31. The van der Waals surface area contributed by atoms with Gasteiger partial charge in [-0.15, -0.1) is 0 Å². The summed E-state index contributed by atoms with van der Waals surface area (Å²) in [6.07, 6.45) is 0. The first kappa shape index (κ1) is 10.7. The van der Waals surface area contributed by atoms with Crippen LogP contribution in [0.2, 0.25) is 0 Å². The summed E-state index contributed by atoms with van der Waals surface area (Å²) in [4.78, 5) is 10.5. The molecule has 1 rings (SSSR count). The minimum atomic E-state index is -2.06. The monoisotopic (exact) mass is 281 g/mol. The number of carboxylic acids is 1. The van der Waals surface area contributed by atoms with Crippen LogP contribution in [-0.4, -0.2) is 23.8 Å². The third-order valence-electron chi connectivity index (χ3n) is 1.46. The van der Waals surface area contributed by atoms with Crippen molar-refractivity contribution in [1.29, 1.82) is 0 Å². The molecular weight excluding hydrogens is 276 g/mol. The van der Waals surface area contributed by atoms with Crippen LogP contribution in [0.5, 0.6) is 0 Å². The first-order valence-electron chi connectivity index (χ1n) is 3.27. The number of anilines is 1. The van der Waals surface area contributed by atoms with Crippen LogP contribution in [0.4, 0.5) is 5.69 Å². The Labute approximate surface area is 88.0 Å². The van der Waals surface area contributed by atoms with Crippen LogP contribution in [0.25, 0.3) is 0 Å². The quantitative estimate of drug-likeness (QED) is 0.631. The van der Waals surface area contributed by atoms with Gasteiger partial charge in [0.2, 0.25) is 0 Å². The number of hydrogen-bond acceptors (Lipinski definition) is 2. The van der Waals surface area contributed by atoms with Gasteiger partial charge in [-0.2, -0.15) is 0 Å². The molecular formula is C7H6AsCl2NO2. The number of nitrogens with two attached hydrogens (primary N) is 1. The van der Waals surface area contributed by atoms with Crippen LogP contribution < -0.4 is 10.1 Å². The Hall–Kier alpha value is -0.372. The molecule has 3 N–H and O–H groups in total. The molecule has 0 radical (unpaired) electrons. The fourth-order valence-corrected chi connectivity index (χ4v) is 3.38. The summed E-state index contributed by atoms with van der Waals surface area (Å²) in [5.74, 6) is -1.01. The number of nitrogen functional groups attached to an aromatic ring is 1. The molecule has 0 aliphatic carbocycles. The molecule has 0 amide bonds. The van der Waals surface area contributed by atoms with Crippen LogP contribution in [0.15, 0.2) is 18.2 Å². The van der Waals surface area contributed by atoms with E-state index in [2.05, 4.69) is 0 Å². The molecule has 70 valence electrons. The summed E-state index contributed by atoms with van der Waals surface area (Å²) in [5, 5.41) is 8.63. The summed E-state index contributed by atoms with van der Waals surface area (Å²) in [6, 6.07) is 4.38. The van der Waals surface area contributed by atoms with Gasteiger partial charge in [0, 0.05) is 0 Å². The van der Waals surface area contributed by atoms with Gasteiger partial charge in [0.05, 0.1) is 0 Å². The van der Waals surface area contributed by atoms with Crippen LogP contribution in [-0.2, 0) is 0 Å². The Balaban J connectivity index is 3.13. The predicted octanol–water partition coefficient (Wildman–Crippen LogP) is 1.14. The molecule has 13 heavy (non-hydrogen) atoms. The van der Waals surface area contributed by atoms with Crippen molar-refractivity contribution in [3.63, 3.8) is 0 Å². The van der Waals surface area contributed by atoms with Crippen LogP contribution in [0.3, 0.4) is 0 Å². The Kier molecular flexibility index (Phi) is 3.48. The Morgan fingerprint density at radius 1 is 1.46 bits per heavy atom. The topological polar surface area (TPSA) is 63.3 Å². The van der Waals surface area contributed by atoms with Gasteiger partial charge in [0.25, 0.3) is 0 Å². The van der Waals surface area contributed by atoms with Gasteiger partial charge in [0.1, 0.15) is 0 Å².